The molecule has 0 fully saturated rings. The largest absolute Gasteiger partial charge is 0.477 e. The van der Waals surface area contributed by atoms with Crippen LogP contribution in [-0.4, -0.2) is 28.5 Å². The Labute approximate surface area is 111 Å². The van der Waals surface area contributed by atoms with Gasteiger partial charge in [0.2, 0.25) is 0 Å². The number of hydrogen-bond acceptors (Lipinski definition) is 3. The van der Waals surface area contributed by atoms with Gasteiger partial charge >= 0.3 is 5.97 Å². The lowest BCUT2D eigenvalue weighted by Crippen LogP contribution is -2.24. The first-order chi connectivity index (χ1) is 9.16. The van der Waals surface area contributed by atoms with Gasteiger partial charge in [-0.05, 0) is 37.8 Å². The van der Waals surface area contributed by atoms with Crippen LogP contribution < -0.4 is 5.32 Å². The molecule has 1 aliphatic carbocycles. The Morgan fingerprint density at radius 3 is 2.79 bits per heavy atom. The molecule has 0 radical (unpaired) electrons. The van der Waals surface area contributed by atoms with Crippen LogP contribution in [0, 0.1) is 0 Å². The second kappa shape index (κ2) is 6.13. The molecule has 100 valence electrons. The molecule has 0 spiro atoms. The molecule has 19 heavy (non-hydrogen) atoms. The zero-order valence-electron chi connectivity index (χ0n) is 10.6. The van der Waals surface area contributed by atoms with Crippen LogP contribution in [0.15, 0.2) is 30.0 Å². The monoisotopic (exact) mass is 260 g/mol. The molecule has 0 aliphatic heterocycles. The molecule has 0 atom stereocenters. The van der Waals surface area contributed by atoms with Crippen molar-refractivity contribution in [2.24, 2.45) is 0 Å². The number of rotatable bonds is 5. The predicted molar refractivity (Wildman–Crippen MR) is 70.1 cm³/mol. The van der Waals surface area contributed by atoms with Crippen molar-refractivity contribution in [3.63, 3.8) is 0 Å². The zero-order chi connectivity index (χ0) is 13.7. The zero-order valence-corrected chi connectivity index (χ0v) is 10.6. The van der Waals surface area contributed by atoms with Crippen molar-refractivity contribution in [3.05, 3.63) is 41.2 Å². The summed E-state index contributed by atoms with van der Waals surface area (Å²) in [5.74, 6) is -1.32. The molecule has 0 aromatic carbocycles. The molecule has 1 aromatic heterocycles. The van der Waals surface area contributed by atoms with E-state index < -0.39 is 5.97 Å². The summed E-state index contributed by atoms with van der Waals surface area (Å²) in [6.07, 6.45) is 7.88. The van der Waals surface area contributed by atoms with Crippen LogP contribution in [-0.2, 0) is 0 Å². The van der Waals surface area contributed by atoms with Gasteiger partial charge in [-0.2, -0.15) is 0 Å². The Morgan fingerprint density at radius 2 is 2.21 bits per heavy atom. The number of nitrogens with one attached hydrogen (secondary N) is 1. The molecule has 0 bridgehead atoms. The van der Waals surface area contributed by atoms with Gasteiger partial charge in [-0.15, -0.1) is 0 Å². The number of amides is 1. The van der Waals surface area contributed by atoms with Crippen LogP contribution in [0.4, 0.5) is 0 Å². The third-order valence-corrected chi connectivity index (χ3v) is 3.11. The van der Waals surface area contributed by atoms with E-state index in [4.69, 9.17) is 5.11 Å². The molecule has 0 saturated heterocycles. The predicted octanol–water partition coefficient (Wildman–Crippen LogP) is 2.01. The minimum absolute atomic E-state index is 0.0624. The highest BCUT2D eigenvalue weighted by molar-refractivity contribution is 5.94. The summed E-state index contributed by atoms with van der Waals surface area (Å²) in [7, 11) is 0. The summed E-state index contributed by atoms with van der Waals surface area (Å²) in [5.41, 5.74) is 1.72. The number of carbonyl (C=O) groups is 2. The van der Waals surface area contributed by atoms with Crippen LogP contribution in [0.5, 0.6) is 0 Å². The van der Waals surface area contributed by atoms with Crippen molar-refractivity contribution >= 4 is 11.9 Å². The molecule has 0 unspecified atom stereocenters. The van der Waals surface area contributed by atoms with Crippen molar-refractivity contribution in [2.45, 2.75) is 25.7 Å². The van der Waals surface area contributed by atoms with Gasteiger partial charge in [0.05, 0.1) is 5.56 Å². The second-order valence-electron chi connectivity index (χ2n) is 4.50. The number of hydrogen-bond donors (Lipinski definition) is 2. The fourth-order valence-electron chi connectivity index (χ4n) is 2.06. The van der Waals surface area contributed by atoms with E-state index in [2.05, 4.69) is 16.4 Å². The molecule has 2 rings (SSSR count). The summed E-state index contributed by atoms with van der Waals surface area (Å²) < 4.78 is 0. The van der Waals surface area contributed by atoms with Gasteiger partial charge in [0.25, 0.3) is 5.91 Å². The van der Waals surface area contributed by atoms with Crippen molar-refractivity contribution in [2.75, 3.05) is 6.54 Å². The summed E-state index contributed by atoms with van der Waals surface area (Å²) >= 11 is 0. The molecule has 5 nitrogen and oxygen atoms in total. The average molecular weight is 260 g/mol. The summed E-state index contributed by atoms with van der Waals surface area (Å²) in [5, 5.41) is 11.5. The summed E-state index contributed by atoms with van der Waals surface area (Å²) in [6, 6.07) is 2.80. The fourth-order valence-corrected chi connectivity index (χ4v) is 2.06. The van der Waals surface area contributed by atoms with Crippen LogP contribution >= 0.6 is 0 Å². The SMILES string of the molecule is O=C(NCCC1=CCCC1)c1ccc(C(=O)O)nc1. The molecule has 1 aromatic rings. The average Bonchev–Trinajstić information content (AvgIpc) is 2.92. The van der Waals surface area contributed by atoms with E-state index in [1.54, 1.807) is 0 Å². The molecule has 2 N–H and O–H groups in total. The van der Waals surface area contributed by atoms with Crippen molar-refractivity contribution in [3.8, 4) is 0 Å². The maximum absolute atomic E-state index is 11.8. The standard InChI is InChI=1S/C14H16N2O3/c17-13(15-8-7-10-3-1-2-4-10)11-5-6-12(14(18)19)16-9-11/h3,5-6,9H,1-2,4,7-8H2,(H,15,17)(H,18,19). The third kappa shape index (κ3) is 3.64. The Bertz CT molecular complexity index is 506. The number of carbonyl (C=O) groups excluding carboxylic acids is 1. The van der Waals surface area contributed by atoms with E-state index in [-0.39, 0.29) is 11.6 Å². The smallest absolute Gasteiger partial charge is 0.354 e. The lowest BCUT2D eigenvalue weighted by atomic mass is 10.1. The Kier molecular flexibility index (Phi) is 4.28. The van der Waals surface area contributed by atoms with Gasteiger partial charge in [-0.1, -0.05) is 11.6 Å². The summed E-state index contributed by atoms with van der Waals surface area (Å²) in [6.45, 7) is 0.603. The summed E-state index contributed by atoms with van der Waals surface area (Å²) in [4.78, 5) is 26.1. The van der Waals surface area contributed by atoms with Gasteiger partial charge in [-0.3, -0.25) is 4.79 Å². The highest BCUT2D eigenvalue weighted by Crippen LogP contribution is 2.19. The van der Waals surface area contributed by atoms with Crippen molar-refractivity contribution in [1.82, 2.24) is 10.3 Å². The van der Waals surface area contributed by atoms with E-state index in [0.29, 0.717) is 12.1 Å². The number of aromatic nitrogens is 1. The third-order valence-electron chi connectivity index (χ3n) is 3.11. The minimum atomic E-state index is -1.10. The Balaban J connectivity index is 1.83. The number of aromatic carboxylic acids is 1. The number of allylic oxidation sites excluding steroid dienone is 1. The highest BCUT2D eigenvalue weighted by Gasteiger charge is 2.09. The molecule has 1 heterocycles. The normalized spacial score (nSPS) is 14.0. The molecule has 5 heteroatoms. The first kappa shape index (κ1) is 13.3. The van der Waals surface area contributed by atoms with Gasteiger partial charge in [-0.25, -0.2) is 9.78 Å². The highest BCUT2D eigenvalue weighted by atomic mass is 16.4. The van der Waals surface area contributed by atoms with E-state index in [1.165, 1.54) is 30.3 Å². The van der Waals surface area contributed by atoms with E-state index in [0.717, 1.165) is 19.3 Å². The van der Waals surface area contributed by atoms with Crippen molar-refractivity contribution < 1.29 is 14.7 Å². The molecular weight excluding hydrogens is 244 g/mol. The Hall–Kier alpha value is -2.17. The number of carboxylic acids is 1. The first-order valence-electron chi connectivity index (χ1n) is 6.32. The second-order valence-corrected chi connectivity index (χ2v) is 4.50. The molecule has 1 aliphatic rings. The number of carboxylic acid groups (broad SMARTS) is 1. The van der Waals surface area contributed by atoms with Crippen LogP contribution in [0.3, 0.4) is 0 Å². The van der Waals surface area contributed by atoms with Crippen LogP contribution in [0.2, 0.25) is 0 Å². The molecular formula is C14H16N2O3. The van der Waals surface area contributed by atoms with Crippen LogP contribution in [0.25, 0.3) is 0 Å². The number of pyridine rings is 1. The van der Waals surface area contributed by atoms with E-state index in [1.807, 2.05) is 0 Å². The van der Waals surface area contributed by atoms with Crippen LogP contribution in [0.1, 0.15) is 46.5 Å². The van der Waals surface area contributed by atoms with Gasteiger partial charge in [0.15, 0.2) is 0 Å². The van der Waals surface area contributed by atoms with Crippen molar-refractivity contribution in [1.29, 1.82) is 0 Å². The van der Waals surface area contributed by atoms with Gasteiger partial charge < -0.3 is 10.4 Å². The topological polar surface area (TPSA) is 79.3 Å². The maximum Gasteiger partial charge on any atom is 0.354 e. The lowest BCUT2D eigenvalue weighted by molar-refractivity contribution is 0.0689. The van der Waals surface area contributed by atoms with E-state index in [9.17, 15) is 9.59 Å². The molecule has 1 amide bonds. The first-order valence-corrected chi connectivity index (χ1v) is 6.32. The lowest BCUT2D eigenvalue weighted by Gasteiger charge is -2.05. The maximum atomic E-state index is 11.8. The quantitative estimate of drug-likeness (QED) is 0.794. The van der Waals surface area contributed by atoms with Gasteiger partial charge in [0.1, 0.15) is 5.69 Å². The van der Waals surface area contributed by atoms with E-state index >= 15 is 0 Å². The fraction of sp³-hybridized carbons (Fsp3) is 0.357. The van der Waals surface area contributed by atoms with Gasteiger partial charge in [0, 0.05) is 12.7 Å². The number of nitrogens with zero attached hydrogens (tertiary/aromatic N) is 1. The minimum Gasteiger partial charge on any atom is -0.477 e. The Morgan fingerprint density at radius 1 is 1.37 bits per heavy atom. The molecule has 0 saturated carbocycles.